The van der Waals surface area contributed by atoms with Crippen LogP contribution in [-0.4, -0.2) is 43.4 Å². The summed E-state index contributed by atoms with van der Waals surface area (Å²) in [6.45, 7) is 0.284. The van der Waals surface area contributed by atoms with E-state index < -0.39 is 0 Å². The topological polar surface area (TPSA) is 70.6 Å². The van der Waals surface area contributed by atoms with Crippen LogP contribution in [0.1, 0.15) is 16.9 Å². The van der Waals surface area contributed by atoms with Gasteiger partial charge in [-0.25, -0.2) is 0 Å². The number of ether oxygens (including phenoxy) is 1. The van der Waals surface area contributed by atoms with Gasteiger partial charge in [0.2, 0.25) is 0 Å². The lowest BCUT2D eigenvalue weighted by Crippen LogP contribution is -2.28. The van der Waals surface area contributed by atoms with E-state index in [9.17, 15) is 4.79 Å². The normalized spacial score (nSPS) is 16.3. The molecule has 168 valence electrons. The Morgan fingerprint density at radius 2 is 1.79 bits per heavy atom. The molecule has 1 amide bonds. The van der Waals surface area contributed by atoms with Crippen LogP contribution < -0.4 is 9.64 Å². The number of anilines is 1. The fourth-order valence-electron chi connectivity index (χ4n) is 3.14. The number of methoxy groups -OCH3 is 1. The van der Waals surface area contributed by atoms with Crippen molar-refractivity contribution in [2.75, 3.05) is 26.1 Å². The van der Waals surface area contributed by atoms with Crippen molar-refractivity contribution in [2.24, 2.45) is 10.2 Å². The molecule has 2 aromatic carbocycles. The first-order chi connectivity index (χ1) is 16.0. The van der Waals surface area contributed by atoms with Gasteiger partial charge in [-0.15, -0.1) is 5.10 Å². The molecule has 0 atom stereocenters. The average Bonchev–Trinajstić information content (AvgIpc) is 3.44. The Morgan fingerprint density at radius 1 is 1.06 bits per heavy atom. The molecule has 0 N–H and O–H groups in total. The summed E-state index contributed by atoms with van der Waals surface area (Å²) >= 11 is 1.30. The number of hydrogen-bond acceptors (Lipinski definition) is 7. The number of rotatable bonds is 7. The number of carbonyl (C=O) groups excluding carboxylic acids is 1. The maximum atomic E-state index is 13.2. The number of hydrogen-bond donors (Lipinski definition) is 0. The minimum Gasteiger partial charge on any atom is -0.497 e. The van der Waals surface area contributed by atoms with Gasteiger partial charge in [-0.3, -0.25) is 9.69 Å². The molecule has 7 nitrogen and oxygen atoms in total. The quantitative estimate of drug-likeness (QED) is 0.286. The third-order valence-corrected chi connectivity index (χ3v) is 5.95. The van der Waals surface area contributed by atoms with Crippen LogP contribution in [0.5, 0.6) is 5.75 Å². The van der Waals surface area contributed by atoms with E-state index in [2.05, 4.69) is 10.2 Å². The molecule has 1 fully saturated rings. The maximum Gasteiger partial charge on any atom is 0.267 e. The second-order valence-corrected chi connectivity index (χ2v) is 8.48. The number of amides is 1. The summed E-state index contributed by atoms with van der Waals surface area (Å²) in [4.78, 5) is 17.4. The maximum absolute atomic E-state index is 13.2. The van der Waals surface area contributed by atoms with E-state index in [0.29, 0.717) is 15.8 Å². The van der Waals surface area contributed by atoms with Gasteiger partial charge in [0.15, 0.2) is 5.17 Å². The van der Waals surface area contributed by atoms with Crippen LogP contribution in [0.25, 0.3) is 6.08 Å². The molecule has 0 saturated carbocycles. The zero-order valence-corrected chi connectivity index (χ0v) is 19.5. The number of carbonyl (C=O) groups is 1. The molecule has 0 bridgehead atoms. The molecule has 0 aliphatic carbocycles. The third kappa shape index (κ3) is 5.53. The predicted molar refractivity (Wildman–Crippen MR) is 134 cm³/mol. The van der Waals surface area contributed by atoms with Gasteiger partial charge in [0.1, 0.15) is 11.5 Å². The SMILES string of the molecule is COc1ccc(/C=N\N=C2\S/C(=C\c3ccc(N(C)C)cc3)C(=O)N2Cc2ccco2)cc1. The van der Waals surface area contributed by atoms with Gasteiger partial charge in [-0.1, -0.05) is 12.1 Å². The summed E-state index contributed by atoms with van der Waals surface area (Å²) in [5, 5.41) is 9.04. The molecule has 2 heterocycles. The van der Waals surface area contributed by atoms with Crippen molar-refractivity contribution >= 4 is 40.8 Å². The highest BCUT2D eigenvalue weighted by atomic mass is 32.2. The number of amidine groups is 1. The van der Waals surface area contributed by atoms with Crippen molar-refractivity contribution in [3.63, 3.8) is 0 Å². The lowest BCUT2D eigenvalue weighted by atomic mass is 10.2. The largest absolute Gasteiger partial charge is 0.497 e. The monoisotopic (exact) mass is 460 g/mol. The van der Waals surface area contributed by atoms with Gasteiger partial charge in [-0.05, 0) is 77.5 Å². The molecule has 1 aliphatic rings. The molecular formula is C25H24N4O3S. The van der Waals surface area contributed by atoms with E-state index in [-0.39, 0.29) is 12.5 Å². The summed E-state index contributed by atoms with van der Waals surface area (Å²) in [5.74, 6) is 1.31. The molecule has 1 saturated heterocycles. The summed E-state index contributed by atoms with van der Waals surface area (Å²) < 4.78 is 10.6. The van der Waals surface area contributed by atoms with Gasteiger partial charge in [0.25, 0.3) is 5.91 Å². The Morgan fingerprint density at radius 3 is 2.42 bits per heavy atom. The minimum absolute atomic E-state index is 0.133. The molecule has 0 spiro atoms. The first-order valence-electron chi connectivity index (χ1n) is 10.3. The zero-order chi connectivity index (χ0) is 23.2. The van der Waals surface area contributed by atoms with Gasteiger partial charge < -0.3 is 14.1 Å². The molecule has 33 heavy (non-hydrogen) atoms. The molecule has 0 radical (unpaired) electrons. The van der Waals surface area contributed by atoms with Crippen LogP contribution in [-0.2, 0) is 11.3 Å². The second-order valence-electron chi connectivity index (χ2n) is 7.47. The van der Waals surface area contributed by atoms with Crippen LogP contribution in [0.2, 0.25) is 0 Å². The molecule has 8 heteroatoms. The van der Waals surface area contributed by atoms with E-state index in [0.717, 1.165) is 22.6 Å². The first-order valence-corrected chi connectivity index (χ1v) is 11.1. The van der Waals surface area contributed by atoms with Crippen LogP contribution in [0.3, 0.4) is 0 Å². The zero-order valence-electron chi connectivity index (χ0n) is 18.6. The molecule has 3 aromatic rings. The molecule has 1 aliphatic heterocycles. The Balaban J connectivity index is 1.58. The smallest absolute Gasteiger partial charge is 0.267 e. The van der Waals surface area contributed by atoms with Crippen molar-refractivity contribution in [3.8, 4) is 5.75 Å². The van der Waals surface area contributed by atoms with Gasteiger partial charge in [0.05, 0.1) is 31.0 Å². The number of furan rings is 1. The van der Waals surface area contributed by atoms with Crippen LogP contribution in [0, 0.1) is 0 Å². The Bertz CT molecular complexity index is 1180. The van der Waals surface area contributed by atoms with Crippen molar-refractivity contribution in [1.82, 2.24) is 4.90 Å². The molecule has 1 aromatic heterocycles. The number of thioether (sulfide) groups is 1. The van der Waals surface area contributed by atoms with Crippen molar-refractivity contribution in [3.05, 3.63) is 88.7 Å². The summed E-state index contributed by atoms with van der Waals surface area (Å²) in [6, 6.07) is 19.1. The lowest BCUT2D eigenvalue weighted by Gasteiger charge is -2.12. The van der Waals surface area contributed by atoms with E-state index in [1.807, 2.05) is 79.7 Å². The fraction of sp³-hybridized carbons (Fsp3) is 0.160. The highest BCUT2D eigenvalue weighted by Gasteiger charge is 2.34. The Kier molecular flexibility index (Phi) is 6.95. The summed E-state index contributed by atoms with van der Waals surface area (Å²) in [5.41, 5.74) is 2.92. The predicted octanol–water partition coefficient (Wildman–Crippen LogP) is 4.86. The highest BCUT2D eigenvalue weighted by Crippen LogP contribution is 2.34. The summed E-state index contributed by atoms with van der Waals surface area (Å²) in [7, 11) is 5.61. The Hall–Kier alpha value is -3.78. The van der Waals surface area contributed by atoms with Crippen molar-refractivity contribution < 1.29 is 13.9 Å². The average molecular weight is 461 g/mol. The molecular weight excluding hydrogens is 436 g/mol. The van der Waals surface area contributed by atoms with E-state index in [4.69, 9.17) is 9.15 Å². The first kappa shape index (κ1) is 22.4. The lowest BCUT2D eigenvalue weighted by molar-refractivity contribution is -0.122. The van der Waals surface area contributed by atoms with Crippen LogP contribution in [0.15, 0.2) is 86.5 Å². The van der Waals surface area contributed by atoms with E-state index in [1.165, 1.54) is 11.8 Å². The summed E-state index contributed by atoms with van der Waals surface area (Å²) in [6.07, 6.45) is 5.10. The van der Waals surface area contributed by atoms with Crippen molar-refractivity contribution in [1.29, 1.82) is 0 Å². The standard InChI is InChI=1S/C25H24N4O3S/c1-28(2)20-10-6-18(7-11-20)15-23-24(30)29(17-22-5-4-14-32-22)25(33-23)27-26-16-19-8-12-21(31-3)13-9-19/h4-16H,17H2,1-3H3/b23-15-,26-16-,27-25+. The van der Waals surface area contributed by atoms with Crippen LogP contribution >= 0.6 is 11.8 Å². The fourth-order valence-corrected chi connectivity index (χ4v) is 4.07. The van der Waals surface area contributed by atoms with Crippen molar-refractivity contribution in [2.45, 2.75) is 6.54 Å². The van der Waals surface area contributed by atoms with E-state index in [1.54, 1.807) is 30.6 Å². The van der Waals surface area contributed by atoms with Gasteiger partial charge in [-0.2, -0.15) is 5.10 Å². The van der Waals surface area contributed by atoms with Gasteiger partial charge >= 0.3 is 0 Å². The molecule has 0 unspecified atom stereocenters. The van der Waals surface area contributed by atoms with Gasteiger partial charge in [0, 0.05) is 19.8 Å². The minimum atomic E-state index is -0.133. The highest BCUT2D eigenvalue weighted by molar-refractivity contribution is 8.18. The third-order valence-electron chi connectivity index (χ3n) is 4.96. The number of benzene rings is 2. The second kappa shape index (κ2) is 10.2. The van der Waals surface area contributed by atoms with Crippen LogP contribution in [0.4, 0.5) is 5.69 Å². The molecule has 4 rings (SSSR count). The number of nitrogens with zero attached hydrogens (tertiary/aromatic N) is 4. The van der Waals surface area contributed by atoms with E-state index >= 15 is 0 Å². The Labute approximate surface area is 197 Å².